The molecule has 0 N–H and O–H groups in total. The van der Waals surface area contributed by atoms with Crippen LogP contribution in [0.1, 0.15) is 56.0 Å². The molecule has 1 heterocycles. The molecule has 0 unspecified atom stereocenters. The molecule has 0 aliphatic rings. The quantitative estimate of drug-likeness (QED) is 0.136. The second-order valence-corrected chi connectivity index (χ2v) is 17.2. The van der Waals surface area contributed by atoms with Crippen LogP contribution in [0.5, 0.6) is 0 Å². The molecule has 0 amide bonds. The second kappa shape index (κ2) is 16.9. The van der Waals surface area contributed by atoms with Crippen LogP contribution in [-0.2, 0) is 0 Å². The summed E-state index contributed by atoms with van der Waals surface area (Å²) in [4.78, 5) is 18.3. The summed E-state index contributed by atoms with van der Waals surface area (Å²) in [7, 11) is 0. The lowest BCUT2D eigenvalue weighted by molar-refractivity contribution is 0.927. The first-order valence-electron chi connectivity index (χ1n) is 22.1. The van der Waals surface area contributed by atoms with E-state index in [1.165, 1.54) is 55.5 Å². The fourth-order valence-electron chi connectivity index (χ4n) is 10.0. The molecule has 1 aromatic heterocycles. The highest BCUT2D eigenvalue weighted by molar-refractivity contribution is 6.04. The summed E-state index contributed by atoms with van der Waals surface area (Å²) in [5, 5.41) is 4.56. The monoisotopic (exact) mass is 826 g/mol. The molecule has 0 aliphatic carbocycles. The number of benzene rings is 9. The minimum atomic E-state index is -0.0132. The van der Waals surface area contributed by atoms with Gasteiger partial charge in [0.25, 0.3) is 0 Å². The Hall–Kier alpha value is -7.69. The molecule has 10 rings (SSSR count). The van der Waals surface area contributed by atoms with Crippen LogP contribution in [0.4, 0.5) is 17.3 Å². The Morgan fingerprint density at radius 2 is 0.812 bits per heavy atom. The average Bonchev–Trinajstić information content (AvgIpc) is 3.31. The molecule has 0 saturated heterocycles. The van der Waals surface area contributed by atoms with Crippen molar-refractivity contribution < 1.29 is 0 Å². The van der Waals surface area contributed by atoms with Crippen molar-refractivity contribution in [3.05, 3.63) is 238 Å². The summed E-state index contributed by atoms with van der Waals surface area (Å²) in [6.45, 7) is 13.5. The van der Waals surface area contributed by atoms with E-state index in [9.17, 15) is 0 Å². The van der Waals surface area contributed by atoms with Gasteiger partial charge in [-0.05, 0) is 120 Å². The van der Waals surface area contributed by atoms with Gasteiger partial charge < -0.3 is 0 Å². The normalized spacial score (nSPS) is 11.4. The highest BCUT2D eigenvalue weighted by atomic mass is 15.3. The maximum Gasteiger partial charge on any atom is 0.238 e. The first-order valence-corrected chi connectivity index (χ1v) is 22.1. The minimum Gasteiger partial charge on any atom is -0.278 e. The van der Waals surface area contributed by atoms with E-state index < -0.39 is 0 Å². The summed E-state index contributed by atoms with van der Waals surface area (Å²) in [5.74, 6) is 1.73. The largest absolute Gasteiger partial charge is 0.278 e. The van der Waals surface area contributed by atoms with Crippen LogP contribution in [0.25, 0.3) is 55.4 Å². The zero-order valence-electron chi connectivity index (χ0n) is 37.3. The third kappa shape index (κ3) is 7.52. The van der Waals surface area contributed by atoms with Gasteiger partial charge in [0.1, 0.15) is 0 Å². The summed E-state index contributed by atoms with van der Waals surface area (Å²) in [6.07, 6.45) is 0. The standard InChI is InChI=1S/C60H50N4/c1-38-32-40(3)55(41(4)33-38)57(56-42(5)34-39(2)35-43(56)6)51-30-31-53(50-29-19-18-28-49(50)51)64(54-37-48-27-17-16-26-47(48)36-52(54)44-20-10-7-11-21-44)60-62-58(45-22-12-8-13-23-45)61-59(63-60)46-24-14-9-15-25-46/h7-37,57H,1-6H3. The molecule has 0 bridgehead atoms. The number of nitrogens with zero attached hydrogens (tertiary/aromatic N) is 4. The topological polar surface area (TPSA) is 41.9 Å². The summed E-state index contributed by atoms with van der Waals surface area (Å²) >= 11 is 0. The van der Waals surface area contributed by atoms with Gasteiger partial charge in [0.15, 0.2) is 11.6 Å². The van der Waals surface area contributed by atoms with Crippen molar-refractivity contribution in [2.24, 2.45) is 0 Å². The lowest BCUT2D eigenvalue weighted by atomic mass is 9.75. The Labute approximate surface area is 376 Å². The Morgan fingerprint density at radius 3 is 1.33 bits per heavy atom. The van der Waals surface area contributed by atoms with Crippen LogP contribution in [-0.4, -0.2) is 15.0 Å². The lowest BCUT2D eigenvalue weighted by Gasteiger charge is -2.31. The van der Waals surface area contributed by atoms with Gasteiger partial charge in [-0.2, -0.15) is 9.97 Å². The smallest absolute Gasteiger partial charge is 0.238 e. The zero-order chi connectivity index (χ0) is 43.9. The number of rotatable bonds is 9. The molecule has 4 nitrogen and oxygen atoms in total. The number of anilines is 3. The maximum absolute atomic E-state index is 5.42. The van der Waals surface area contributed by atoms with E-state index in [2.05, 4.69) is 198 Å². The maximum atomic E-state index is 5.42. The van der Waals surface area contributed by atoms with E-state index >= 15 is 0 Å². The highest BCUT2D eigenvalue weighted by Gasteiger charge is 2.29. The number of aryl methyl sites for hydroxylation is 6. The van der Waals surface area contributed by atoms with E-state index in [1.54, 1.807) is 0 Å². The Bertz CT molecular complexity index is 3180. The van der Waals surface area contributed by atoms with Crippen molar-refractivity contribution in [1.82, 2.24) is 15.0 Å². The molecule has 310 valence electrons. The van der Waals surface area contributed by atoms with Crippen molar-refractivity contribution >= 4 is 38.9 Å². The lowest BCUT2D eigenvalue weighted by Crippen LogP contribution is -2.17. The van der Waals surface area contributed by atoms with Gasteiger partial charge in [-0.3, -0.25) is 4.90 Å². The van der Waals surface area contributed by atoms with Gasteiger partial charge in [0, 0.05) is 28.0 Å². The van der Waals surface area contributed by atoms with E-state index in [4.69, 9.17) is 15.0 Å². The summed E-state index contributed by atoms with van der Waals surface area (Å²) in [6, 6.07) is 67.3. The predicted molar refractivity (Wildman–Crippen MR) is 268 cm³/mol. The number of hydrogen-bond acceptors (Lipinski definition) is 4. The molecule has 0 fully saturated rings. The fraction of sp³-hybridized carbons (Fsp3) is 0.117. The summed E-state index contributed by atoms with van der Waals surface area (Å²) < 4.78 is 0. The molecular formula is C60H50N4. The van der Waals surface area contributed by atoms with Crippen LogP contribution < -0.4 is 4.90 Å². The van der Waals surface area contributed by atoms with Crippen molar-refractivity contribution in [2.75, 3.05) is 4.90 Å². The summed E-state index contributed by atoms with van der Waals surface area (Å²) in [5.41, 5.74) is 17.7. The molecule has 64 heavy (non-hydrogen) atoms. The van der Waals surface area contributed by atoms with E-state index in [0.717, 1.165) is 49.8 Å². The number of aromatic nitrogens is 3. The predicted octanol–water partition coefficient (Wildman–Crippen LogP) is 15.7. The van der Waals surface area contributed by atoms with Crippen LogP contribution in [0.3, 0.4) is 0 Å². The Morgan fingerprint density at radius 1 is 0.375 bits per heavy atom. The average molecular weight is 827 g/mol. The fourth-order valence-corrected chi connectivity index (χ4v) is 10.0. The van der Waals surface area contributed by atoms with Gasteiger partial charge in [-0.1, -0.05) is 181 Å². The van der Waals surface area contributed by atoms with Crippen LogP contribution in [0.15, 0.2) is 188 Å². The molecule has 0 spiro atoms. The Balaban J connectivity index is 1.32. The van der Waals surface area contributed by atoms with Gasteiger partial charge >= 0.3 is 0 Å². The van der Waals surface area contributed by atoms with Gasteiger partial charge in [-0.15, -0.1) is 0 Å². The zero-order valence-corrected chi connectivity index (χ0v) is 37.3. The molecule has 9 aromatic carbocycles. The highest BCUT2D eigenvalue weighted by Crippen LogP contribution is 2.48. The first kappa shape index (κ1) is 40.4. The third-order valence-electron chi connectivity index (χ3n) is 12.6. The van der Waals surface area contributed by atoms with Crippen LogP contribution in [0, 0.1) is 41.5 Å². The molecule has 0 saturated carbocycles. The van der Waals surface area contributed by atoms with Crippen molar-refractivity contribution in [3.8, 4) is 33.9 Å². The Kier molecular flexibility index (Phi) is 10.7. The van der Waals surface area contributed by atoms with Crippen molar-refractivity contribution in [1.29, 1.82) is 0 Å². The van der Waals surface area contributed by atoms with Crippen LogP contribution >= 0.6 is 0 Å². The molecule has 0 aliphatic heterocycles. The third-order valence-corrected chi connectivity index (χ3v) is 12.6. The van der Waals surface area contributed by atoms with Crippen molar-refractivity contribution in [3.63, 3.8) is 0 Å². The van der Waals surface area contributed by atoms with Crippen molar-refractivity contribution in [2.45, 2.75) is 47.5 Å². The van der Waals surface area contributed by atoms with Crippen LogP contribution in [0.2, 0.25) is 0 Å². The van der Waals surface area contributed by atoms with E-state index in [0.29, 0.717) is 17.6 Å². The minimum absolute atomic E-state index is 0.0132. The molecular weight excluding hydrogens is 777 g/mol. The molecule has 4 heteroatoms. The van der Waals surface area contributed by atoms with Gasteiger partial charge in [0.05, 0.1) is 11.4 Å². The van der Waals surface area contributed by atoms with Gasteiger partial charge in [0.2, 0.25) is 5.95 Å². The van der Waals surface area contributed by atoms with E-state index in [-0.39, 0.29) is 5.92 Å². The van der Waals surface area contributed by atoms with E-state index in [1.807, 2.05) is 36.4 Å². The first-order chi connectivity index (χ1) is 31.2. The number of fused-ring (bicyclic) bond motifs is 2. The number of hydrogen-bond donors (Lipinski definition) is 0. The SMILES string of the molecule is Cc1cc(C)c(C(c2c(C)cc(C)cc2C)c2ccc(N(c3nc(-c4ccccc4)nc(-c4ccccc4)n3)c3cc4ccccc4cc3-c3ccccc3)c3ccccc23)c(C)c1. The van der Waals surface area contributed by atoms with Gasteiger partial charge in [-0.25, -0.2) is 4.98 Å². The second-order valence-electron chi connectivity index (χ2n) is 17.2. The molecule has 10 aromatic rings. The molecule has 0 radical (unpaired) electrons. The molecule has 0 atom stereocenters.